The summed E-state index contributed by atoms with van der Waals surface area (Å²) in [5.41, 5.74) is 1.04. The Labute approximate surface area is 97.8 Å². The minimum atomic E-state index is -0.370. The summed E-state index contributed by atoms with van der Waals surface area (Å²) >= 11 is 5.98. The normalized spacial score (nSPS) is 12.7. The number of nitrogens with zero attached hydrogens (tertiary/aromatic N) is 2. The Kier molecular flexibility index (Phi) is 2.88. The molecule has 0 saturated carbocycles. The Morgan fingerprint density at radius 1 is 1.50 bits per heavy atom. The van der Waals surface area contributed by atoms with Crippen molar-refractivity contribution in [2.45, 2.75) is 13.0 Å². The molecule has 0 N–H and O–H groups in total. The fourth-order valence-electron chi connectivity index (χ4n) is 1.55. The molecule has 1 aromatic heterocycles. The maximum absolute atomic E-state index is 13.4. The van der Waals surface area contributed by atoms with Gasteiger partial charge in [0.15, 0.2) is 0 Å². The van der Waals surface area contributed by atoms with Crippen LogP contribution in [-0.4, -0.2) is 11.7 Å². The molecule has 0 aliphatic heterocycles. The first-order valence-corrected chi connectivity index (χ1v) is 5.21. The minimum Gasteiger partial charge on any atom is -0.293 e. The van der Waals surface area contributed by atoms with Crippen molar-refractivity contribution in [3.63, 3.8) is 0 Å². The van der Waals surface area contributed by atoms with Crippen molar-refractivity contribution in [3.05, 3.63) is 40.8 Å². The van der Waals surface area contributed by atoms with Gasteiger partial charge in [-0.25, -0.2) is 9.37 Å². The van der Waals surface area contributed by atoms with E-state index in [2.05, 4.69) is 16.7 Å². The molecular formula is C12H10ClFN2. The number of aliphatic imine (C=N–C) groups is 1. The standard InChI is InChI=1S/C12H10ClFN2/c1-7(15-2)9-6-8-4-3-5-10(14)11(8)16-12(9)13/h3-7H,2H2,1H3/t7-/m0/s1. The Morgan fingerprint density at radius 2 is 2.25 bits per heavy atom. The van der Waals surface area contributed by atoms with Gasteiger partial charge in [0.05, 0.1) is 6.04 Å². The molecule has 0 aliphatic carbocycles. The van der Waals surface area contributed by atoms with E-state index in [0.29, 0.717) is 0 Å². The monoisotopic (exact) mass is 236 g/mol. The van der Waals surface area contributed by atoms with Gasteiger partial charge in [-0.1, -0.05) is 23.7 Å². The van der Waals surface area contributed by atoms with E-state index in [4.69, 9.17) is 11.6 Å². The van der Waals surface area contributed by atoms with Crippen molar-refractivity contribution in [1.82, 2.24) is 4.98 Å². The molecule has 1 atom stereocenters. The Hall–Kier alpha value is -1.48. The predicted molar refractivity (Wildman–Crippen MR) is 64.7 cm³/mol. The second kappa shape index (κ2) is 4.18. The van der Waals surface area contributed by atoms with Crippen molar-refractivity contribution >= 4 is 29.2 Å². The summed E-state index contributed by atoms with van der Waals surface area (Å²) in [6, 6.07) is 6.45. The van der Waals surface area contributed by atoms with Gasteiger partial charge in [-0.3, -0.25) is 4.99 Å². The van der Waals surface area contributed by atoms with Crippen LogP contribution in [0.1, 0.15) is 18.5 Å². The number of benzene rings is 1. The number of pyridine rings is 1. The summed E-state index contributed by atoms with van der Waals surface area (Å²) in [6.07, 6.45) is 0. The number of hydrogen-bond acceptors (Lipinski definition) is 2. The van der Waals surface area contributed by atoms with Crippen LogP contribution in [0.25, 0.3) is 10.9 Å². The van der Waals surface area contributed by atoms with E-state index in [9.17, 15) is 4.39 Å². The molecule has 0 unspecified atom stereocenters. The highest BCUT2D eigenvalue weighted by Crippen LogP contribution is 2.28. The van der Waals surface area contributed by atoms with Crippen molar-refractivity contribution < 1.29 is 4.39 Å². The molecule has 0 bridgehead atoms. The molecule has 2 aromatic rings. The topological polar surface area (TPSA) is 25.2 Å². The third kappa shape index (κ3) is 1.78. The van der Waals surface area contributed by atoms with E-state index in [1.54, 1.807) is 18.2 Å². The number of aromatic nitrogens is 1. The van der Waals surface area contributed by atoms with Gasteiger partial charge in [0.2, 0.25) is 0 Å². The molecule has 0 amide bonds. The Bertz CT molecular complexity index is 554. The predicted octanol–water partition coefficient (Wildman–Crippen LogP) is 3.79. The lowest BCUT2D eigenvalue weighted by Gasteiger charge is -2.09. The summed E-state index contributed by atoms with van der Waals surface area (Å²) in [5, 5.41) is 0.993. The summed E-state index contributed by atoms with van der Waals surface area (Å²) < 4.78 is 13.4. The second-order valence-electron chi connectivity index (χ2n) is 3.54. The lowest BCUT2D eigenvalue weighted by molar-refractivity contribution is 0.636. The van der Waals surface area contributed by atoms with E-state index >= 15 is 0 Å². The van der Waals surface area contributed by atoms with Crippen LogP contribution >= 0.6 is 11.6 Å². The van der Waals surface area contributed by atoms with Crippen LogP contribution in [0.4, 0.5) is 4.39 Å². The highest BCUT2D eigenvalue weighted by molar-refractivity contribution is 6.30. The van der Waals surface area contributed by atoms with Gasteiger partial charge in [0.25, 0.3) is 0 Å². The second-order valence-corrected chi connectivity index (χ2v) is 3.90. The lowest BCUT2D eigenvalue weighted by atomic mass is 10.1. The fourth-order valence-corrected chi connectivity index (χ4v) is 1.84. The molecule has 2 rings (SSSR count). The molecule has 4 heteroatoms. The van der Waals surface area contributed by atoms with Crippen LogP contribution in [-0.2, 0) is 0 Å². The maximum Gasteiger partial charge on any atom is 0.149 e. The summed E-state index contributed by atoms with van der Waals surface area (Å²) in [4.78, 5) is 7.93. The molecule has 0 aliphatic rings. The number of fused-ring (bicyclic) bond motifs is 1. The molecule has 82 valence electrons. The van der Waals surface area contributed by atoms with Crippen molar-refractivity contribution in [1.29, 1.82) is 0 Å². The third-order valence-electron chi connectivity index (χ3n) is 2.50. The zero-order valence-corrected chi connectivity index (χ0v) is 9.50. The molecule has 2 nitrogen and oxygen atoms in total. The van der Waals surface area contributed by atoms with Gasteiger partial charge in [0.1, 0.15) is 16.5 Å². The van der Waals surface area contributed by atoms with Crippen LogP contribution in [0, 0.1) is 5.82 Å². The quantitative estimate of drug-likeness (QED) is 0.575. The van der Waals surface area contributed by atoms with Gasteiger partial charge >= 0.3 is 0 Å². The van der Waals surface area contributed by atoms with E-state index < -0.39 is 0 Å². The minimum absolute atomic E-state index is 0.146. The van der Waals surface area contributed by atoms with Crippen molar-refractivity contribution in [2.24, 2.45) is 4.99 Å². The average Bonchev–Trinajstić information content (AvgIpc) is 2.29. The molecule has 0 saturated heterocycles. The van der Waals surface area contributed by atoms with E-state index in [-0.39, 0.29) is 22.5 Å². The molecular weight excluding hydrogens is 227 g/mol. The molecule has 0 fully saturated rings. The number of halogens is 2. The van der Waals surface area contributed by atoms with E-state index in [0.717, 1.165) is 10.9 Å². The largest absolute Gasteiger partial charge is 0.293 e. The van der Waals surface area contributed by atoms with Gasteiger partial charge in [-0.2, -0.15) is 0 Å². The van der Waals surface area contributed by atoms with Gasteiger partial charge < -0.3 is 0 Å². The smallest absolute Gasteiger partial charge is 0.149 e. The molecule has 1 aromatic carbocycles. The van der Waals surface area contributed by atoms with Gasteiger partial charge in [0, 0.05) is 10.9 Å². The summed E-state index contributed by atoms with van der Waals surface area (Å²) in [5.74, 6) is -0.370. The SMILES string of the molecule is C=N[C@@H](C)c1cc2cccc(F)c2nc1Cl. The molecule has 0 radical (unpaired) electrons. The highest BCUT2D eigenvalue weighted by Gasteiger charge is 2.12. The first-order chi connectivity index (χ1) is 7.63. The summed E-state index contributed by atoms with van der Waals surface area (Å²) in [6.45, 7) is 5.33. The Balaban J connectivity index is 2.72. The van der Waals surface area contributed by atoms with Crippen LogP contribution < -0.4 is 0 Å². The third-order valence-corrected chi connectivity index (χ3v) is 2.80. The number of hydrogen-bond donors (Lipinski definition) is 0. The first-order valence-electron chi connectivity index (χ1n) is 4.84. The maximum atomic E-state index is 13.4. The highest BCUT2D eigenvalue weighted by atomic mass is 35.5. The van der Waals surface area contributed by atoms with Gasteiger partial charge in [-0.05, 0) is 25.8 Å². The van der Waals surface area contributed by atoms with E-state index in [1.807, 2.05) is 6.92 Å². The van der Waals surface area contributed by atoms with Crippen LogP contribution in [0.5, 0.6) is 0 Å². The zero-order valence-electron chi connectivity index (χ0n) is 8.74. The molecule has 0 spiro atoms. The van der Waals surface area contributed by atoms with Crippen LogP contribution in [0.2, 0.25) is 5.15 Å². The number of para-hydroxylation sites is 1. The van der Waals surface area contributed by atoms with Gasteiger partial charge in [-0.15, -0.1) is 0 Å². The van der Waals surface area contributed by atoms with Crippen LogP contribution in [0.3, 0.4) is 0 Å². The molecule has 16 heavy (non-hydrogen) atoms. The van der Waals surface area contributed by atoms with Crippen LogP contribution in [0.15, 0.2) is 29.3 Å². The average molecular weight is 237 g/mol. The van der Waals surface area contributed by atoms with Crippen molar-refractivity contribution in [3.8, 4) is 0 Å². The first kappa shape index (κ1) is 11.0. The summed E-state index contributed by atoms with van der Waals surface area (Å²) in [7, 11) is 0. The molecule has 1 heterocycles. The Morgan fingerprint density at radius 3 is 2.94 bits per heavy atom. The lowest BCUT2D eigenvalue weighted by Crippen LogP contribution is -1.95. The van der Waals surface area contributed by atoms with E-state index in [1.165, 1.54) is 6.07 Å². The zero-order chi connectivity index (χ0) is 11.7. The van der Waals surface area contributed by atoms with Crippen molar-refractivity contribution in [2.75, 3.05) is 0 Å². The fraction of sp³-hybridized carbons (Fsp3) is 0.167. The number of rotatable bonds is 2.